The number of aliphatic hydroxyl groups excluding tert-OH is 2. The van der Waals surface area contributed by atoms with Gasteiger partial charge in [0.05, 0.1) is 11.1 Å². The zero-order valence-corrected chi connectivity index (χ0v) is 13.0. The van der Waals surface area contributed by atoms with E-state index < -0.39 is 12.2 Å². The van der Waals surface area contributed by atoms with E-state index in [1.165, 1.54) is 0 Å². The van der Waals surface area contributed by atoms with Gasteiger partial charge < -0.3 is 15.5 Å². The lowest BCUT2D eigenvalue weighted by Crippen LogP contribution is -2.29. The van der Waals surface area contributed by atoms with Gasteiger partial charge in [-0.1, -0.05) is 60.1 Å². The fourth-order valence-electron chi connectivity index (χ4n) is 2.94. The molecule has 0 heterocycles. The van der Waals surface area contributed by atoms with Gasteiger partial charge in [0.25, 0.3) is 0 Å². The van der Waals surface area contributed by atoms with E-state index in [9.17, 15) is 10.2 Å². The second kappa shape index (κ2) is 6.23. The van der Waals surface area contributed by atoms with Gasteiger partial charge in [-0.25, -0.2) is 0 Å². The van der Waals surface area contributed by atoms with E-state index in [2.05, 4.69) is 5.32 Å². The molecule has 0 aliphatic rings. The molecule has 3 aromatic carbocycles. The molecule has 22 heavy (non-hydrogen) atoms. The number of hydrogen-bond donors (Lipinski definition) is 3. The van der Waals surface area contributed by atoms with Crippen molar-refractivity contribution in [3.05, 3.63) is 59.1 Å². The summed E-state index contributed by atoms with van der Waals surface area (Å²) >= 11 is 6.54. The molecule has 3 rings (SSSR count). The van der Waals surface area contributed by atoms with Gasteiger partial charge in [-0.05, 0) is 23.4 Å². The maximum atomic E-state index is 10.7. The molecule has 0 saturated carbocycles. The van der Waals surface area contributed by atoms with Crippen molar-refractivity contribution >= 4 is 33.1 Å². The number of rotatable bonds is 4. The highest BCUT2D eigenvalue weighted by Gasteiger charge is 2.23. The molecule has 0 bridgehead atoms. The Kier molecular flexibility index (Phi) is 4.32. The standard InChI is InChI=1S/C18H18ClNO2/c1-20-10-15(21)18(22)16-11-6-2-4-8-13(11)17(19)14-9-5-3-7-12(14)16/h2-9,15,18,20-22H,10H2,1H3. The monoisotopic (exact) mass is 315 g/mol. The summed E-state index contributed by atoms with van der Waals surface area (Å²) in [4.78, 5) is 0. The van der Waals surface area contributed by atoms with Crippen molar-refractivity contribution in [3.63, 3.8) is 0 Å². The van der Waals surface area contributed by atoms with Gasteiger partial charge in [-0.3, -0.25) is 0 Å². The summed E-state index contributed by atoms with van der Waals surface area (Å²) < 4.78 is 0. The summed E-state index contributed by atoms with van der Waals surface area (Å²) in [6, 6.07) is 15.4. The first kappa shape index (κ1) is 15.3. The second-order valence-corrected chi connectivity index (χ2v) is 5.77. The Morgan fingerprint density at radius 1 is 0.909 bits per heavy atom. The first-order valence-corrected chi connectivity index (χ1v) is 7.62. The van der Waals surface area contributed by atoms with Gasteiger partial charge in [0.1, 0.15) is 6.10 Å². The van der Waals surface area contributed by atoms with Crippen molar-refractivity contribution in [1.82, 2.24) is 5.32 Å². The average molecular weight is 316 g/mol. The van der Waals surface area contributed by atoms with Gasteiger partial charge in [-0.2, -0.15) is 0 Å². The van der Waals surface area contributed by atoms with Crippen LogP contribution in [0.5, 0.6) is 0 Å². The molecule has 0 aromatic heterocycles. The van der Waals surface area contributed by atoms with Crippen molar-refractivity contribution in [2.45, 2.75) is 12.2 Å². The highest BCUT2D eigenvalue weighted by Crippen LogP contribution is 2.39. The Bertz CT molecular complexity index is 762. The third-order valence-electron chi connectivity index (χ3n) is 3.98. The molecular formula is C18H18ClNO2. The van der Waals surface area contributed by atoms with Crippen LogP contribution in [0.3, 0.4) is 0 Å². The van der Waals surface area contributed by atoms with Gasteiger partial charge in [0, 0.05) is 17.3 Å². The number of hydrogen-bond acceptors (Lipinski definition) is 3. The largest absolute Gasteiger partial charge is 0.389 e. The van der Waals surface area contributed by atoms with E-state index in [1.807, 2.05) is 48.5 Å². The second-order valence-electron chi connectivity index (χ2n) is 5.39. The lowest BCUT2D eigenvalue weighted by Gasteiger charge is -2.22. The highest BCUT2D eigenvalue weighted by molar-refractivity contribution is 6.41. The zero-order chi connectivity index (χ0) is 15.7. The molecular weight excluding hydrogens is 298 g/mol. The predicted molar refractivity (Wildman–Crippen MR) is 91.4 cm³/mol. The molecule has 0 spiro atoms. The Morgan fingerprint density at radius 3 is 1.82 bits per heavy atom. The molecule has 4 heteroatoms. The molecule has 0 fully saturated rings. The molecule has 3 nitrogen and oxygen atoms in total. The summed E-state index contributed by atoms with van der Waals surface area (Å²) in [5.41, 5.74) is 0.721. The van der Waals surface area contributed by atoms with Crippen LogP contribution in [0.25, 0.3) is 21.5 Å². The SMILES string of the molecule is CNCC(O)C(O)c1c2ccccc2c(Cl)c2ccccc12. The molecule has 0 aliphatic heterocycles. The van der Waals surface area contributed by atoms with Crippen molar-refractivity contribution in [3.8, 4) is 0 Å². The van der Waals surface area contributed by atoms with Gasteiger partial charge in [-0.15, -0.1) is 0 Å². The van der Waals surface area contributed by atoms with E-state index in [0.29, 0.717) is 11.6 Å². The third kappa shape index (κ3) is 2.46. The summed E-state index contributed by atoms with van der Waals surface area (Å²) in [6.07, 6.45) is -1.88. The Balaban J connectivity index is 2.36. The number of likely N-dealkylation sites (N-methyl/N-ethyl adjacent to an activating group) is 1. The van der Waals surface area contributed by atoms with Crippen LogP contribution in [0.1, 0.15) is 11.7 Å². The summed E-state index contributed by atoms with van der Waals surface area (Å²) in [7, 11) is 1.74. The minimum atomic E-state index is -0.987. The van der Waals surface area contributed by atoms with Crippen LogP contribution in [0, 0.1) is 0 Å². The fourth-order valence-corrected chi connectivity index (χ4v) is 3.27. The van der Waals surface area contributed by atoms with Crippen LogP contribution >= 0.6 is 11.6 Å². The van der Waals surface area contributed by atoms with E-state index in [-0.39, 0.29) is 0 Å². The number of benzene rings is 3. The van der Waals surface area contributed by atoms with Gasteiger partial charge in [0.15, 0.2) is 0 Å². The summed E-state index contributed by atoms with van der Waals surface area (Å²) in [5.74, 6) is 0. The van der Waals surface area contributed by atoms with Crippen molar-refractivity contribution in [1.29, 1.82) is 0 Å². The maximum Gasteiger partial charge on any atom is 0.107 e. The van der Waals surface area contributed by atoms with Crippen molar-refractivity contribution < 1.29 is 10.2 Å². The summed E-state index contributed by atoms with van der Waals surface area (Å²) in [6.45, 7) is 0.312. The maximum absolute atomic E-state index is 10.7. The minimum Gasteiger partial charge on any atom is -0.389 e. The van der Waals surface area contributed by atoms with Crippen LogP contribution in [0.2, 0.25) is 5.02 Å². The first-order valence-electron chi connectivity index (χ1n) is 7.24. The Morgan fingerprint density at radius 2 is 1.36 bits per heavy atom. The van der Waals surface area contributed by atoms with Crippen LogP contribution in [-0.2, 0) is 0 Å². The van der Waals surface area contributed by atoms with Crippen LogP contribution < -0.4 is 5.32 Å². The molecule has 3 N–H and O–H groups in total. The van der Waals surface area contributed by atoms with E-state index in [0.717, 1.165) is 27.1 Å². The molecule has 0 saturated heterocycles. The van der Waals surface area contributed by atoms with E-state index in [1.54, 1.807) is 7.05 Å². The minimum absolute atomic E-state index is 0.312. The third-order valence-corrected chi connectivity index (χ3v) is 4.39. The van der Waals surface area contributed by atoms with E-state index >= 15 is 0 Å². The number of aliphatic hydroxyl groups is 2. The molecule has 114 valence electrons. The topological polar surface area (TPSA) is 52.5 Å². The van der Waals surface area contributed by atoms with E-state index in [4.69, 9.17) is 11.6 Å². The summed E-state index contributed by atoms with van der Waals surface area (Å²) in [5, 5.41) is 28.0. The molecule has 0 radical (unpaired) electrons. The van der Waals surface area contributed by atoms with Gasteiger partial charge >= 0.3 is 0 Å². The smallest absolute Gasteiger partial charge is 0.107 e. The van der Waals surface area contributed by atoms with Crippen molar-refractivity contribution in [2.24, 2.45) is 0 Å². The Hall–Kier alpha value is -1.65. The fraction of sp³-hybridized carbons (Fsp3) is 0.222. The lowest BCUT2D eigenvalue weighted by atomic mass is 9.91. The van der Waals surface area contributed by atoms with Crippen molar-refractivity contribution in [2.75, 3.05) is 13.6 Å². The molecule has 2 atom stereocenters. The number of fused-ring (bicyclic) bond motifs is 2. The first-order chi connectivity index (χ1) is 10.6. The average Bonchev–Trinajstić information content (AvgIpc) is 2.55. The highest BCUT2D eigenvalue weighted by atomic mass is 35.5. The van der Waals surface area contributed by atoms with Gasteiger partial charge in [0.2, 0.25) is 0 Å². The van der Waals surface area contributed by atoms with Crippen LogP contribution in [0.15, 0.2) is 48.5 Å². The quantitative estimate of drug-likeness (QED) is 0.648. The molecule has 0 amide bonds. The molecule has 3 aromatic rings. The Labute approximate surface area is 134 Å². The van der Waals surface area contributed by atoms with Crippen LogP contribution in [-0.4, -0.2) is 29.9 Å². The lowest BCUT2D eigenvalue weighted by molar-refractivity contribution is 0.0219. The number of halogens is 1. The normalized spacial score (nSPS) is 14.4. The molecule has 2 unspecified atom stereocenters. The van der Waals surface area contributed by atoms with Crippen LogP contribution in [0.4, 0.5) is 0 Å². The zero-order valence-electron chi connectivity index (χ0n) is 12.3. The number of nitrogens with one attached hydrogen (secondary N) is 1. The molecule has 0 aliphatic carbocycles. The predicted octanol–water partition coefficient (Wildman–Crippen LogP) is 3.26.